The van der Waals surface area contributed by atoms with Crippen molar-refractivity contribution < 1.29 is 19.0 Å². The van der Waals surface area contributed by atoms with Crippen LogP contribution < -0.4 is 14.2 Å². The average molecular weight is 406 g/mol. The highest BCUT2D eigenvalue weighted by molar-refractivity contribution is 6.05. The van der Waals surface area contributed by atoms with Crippen LogP contribution in [0, 0.1) is 0 Å². The molecule has 2 aliphatic heterocycles. The maximum atomic E-state index is 13.3. The summed E-state index contributed by atoms with van der Waals surface area (Å²) in [6.07, 6.45) is 6.49. The van der Waals surface area contributed by atoms with Crippen molar-refractivity contribution in [1.29, 1.82) is 0 Å². The molecular formula is C24H26N2O4. The molecule has 6 heteroatoms. The van der Waals surface area contributed by atoms with Crippen molar-refractivity contribution in [2.75, 3.05) is 20.8 Å². The molecular weight excluding hydrogens is 380 g/mol. The highest BCUT2D eigenvalue weighted by atomic mass is 16.5. The van der Waals surface area contributed by atoms with Gasteiger partial charge in [0.15, 0.2) is 11.5 Å². The van der Waals surface area contributed by atoms with E-state index >= 15 is 0 Å². The summed E-state index contributed by atoms with van der Waals surface area (Å²) < 4.78 is 16.6. The molecule has 2 aromatic carbocycles. The summed E-state index contributed by atoms with van der Waals surface area (Å²) in [5.41, 5.74) is 3.29. The number of benzene rings is 2. The maximum absolute atomic E-state index is 13.3. The Bertz CT molecular complexity index is 995. The number of methoxy groups -OCH3 is 2. The lowest BCUT2D eigenvalue weighted by Crippen LogP contribution is -2.32. The van der Waals surface area contributed by atoms with Crippen molar-refractivity contribution in [3.63, 3.8) is 0 Å². The van der Waals surface area contributed by atoms with E-state index in [9.17, 15) is 4.79 Å². The van der Waals surface area contributed by atoms with E-state index in [2.05, 4.69) is 11.9 Å². The first-order chi connectivity index (χ1) is 14.6. The number of carbonyl (C=O) groups is 1. The summed E-state index contributed by atoms with van der Waals surface area (Å²) in [5.74, 6) is 1.88. The third kappa shape index (κ3) is 3.77. The molecule has 156 valence electrons. The minimum absolute atomic E-state index is 0.0885. The summed E-state index contributed by atoms with van der Waals surface area (Å²) in [5, 5.41) is 0. The van der Waals surface area contributed by atoms with Gasteiger partial charge in [0.05, 0.1) is 38.1 Å². The van der Waals surface area contributed by atoms with E-state index in [-0.39, 0.29) is 11.9 Å². The molecule has 1 amide bonds. The first-order valence-electron chi connectivity index (χ1n) is 10.2. The molecule has 2 heterocycles. The van der Waals surface area contributed by atoms with Crippen LogP contribution in [0.4, 0.5) is 5.69 Å². The van der Waals surface area contributed by atoms with Crippen LogP contribution in [0.2, 0.25) is 0 Å². The molecule has 0 aromatic heterocycles. The lowest BCUT2D eigenvalue weighted by molar-refractivity contribution is 0.0817. The number of nitrogens with zero attached hydrogens (tertiary/aromatic N) is 2. The Morgan fingerprint density at radius 3 is 2.60 bits per heavy atom. The van der Waals surface area contributed by atoms with Gasteiger partial charge in [-0.2, -0.15) is 0 Å². The highest BCUT2D eigenvalue weighted by Gasteiger charge is 2.33. The van der Waals surface area contributed by atoms with E-state index in [0.29, 0.717) is 35.8 Å². The van der Waals surface area contributed by atoms with Crippen molar-refractivity contribution in [2.45, 2.75) is 32.2 Å². The fourth-order valence-electron chi connectivity index (χ4n) is 3.70. The van der Waals surface area contributed by atoms with Crippen LogP contribution in [0.15, 0.2) is 47.6 Å². The zero-order valence-corrected chi connectivity index (χ0v) is 17.6. The molecule has 0 saturated heterocycles. The van der Waals surface area contributed by atoms with E-state index in [0.717, 1.165) is 29.7 Å². The number of ether oxygens (including phenoxy) is 3. The first-order valence-corrected chi connectivity index (χ1v) is 10.2. The Balaban J connectivity index is 1.63. The molecule has 0 bridgehead atoms. The van der Waals surface area contributed by atoms with Gasteiger partial charge in [-0.3, -0.25) is 9.79 Å². The minimum atomic E-state index is -0.113. The molecule has 2 aromatic rings. The zero-order chi connectivity index (χ0) is 21.1. The van der Waals surface area contributed by atoms with Crippen molar-refractivity contribution in [2.24, 2.45) is 4.99 Å². The Labute approximate surface area is 176 Å². The quantitative estimate of drug-likeness (QED) is 0.617. The van der Waals surface area contributed by atoms with E-state index in [4.69, 9.17) is 14.2 Å². The van der Waals surface area contributed by atoms with Gasteiger partial charge in [0.1, 0.15) is 5.75 Å². The Kier molecular flexibility index (Phi) is 5.74. The Morgan fingerprint density at radius 1 is 1.10 bits per heavy atom. The normalized spacial score (nSPS) is 17.2. The molecule has 0 radical (unpaired) electrons. The second kappa shape index (κ2) is 8.61. The first kappa shape index (κ1) is 20.0. The van der Waals surface area contributed by atoms with Gasteiger partial charge in [-0.15, -0.1) is 0 Å². The van der Waals surface area contributed by atoms with Crippen LogP contribution in [0.25, 0.3) is 5.57 Å². The third-order valence-corrected chi connectivity index (χ3v) is 5.43. The second-order valence-electron chi connectivity index (χ2n) is 7.37. The Morgan fingerprint density at radius 2 is 1.90 bits per heavy atom. The second-order valence-corrected chi connectivity index (χ2v) is 7.37. The Hall–Kier alpha value is -3.28. The maximum Gasteiger partial charge on any atom is 0.260 e. The van der Waals surface area contributed by atoms with Gasteiger partial charge >= 0.3 is 0 Å². The number of rotatable bonds is 7. The average Bonchev–Trinajstić information content (AvgIpc) is 3.16. The van der Waals surface area contributed by atoms with Gasteiger partial charge in [0.25, 0.3) is 5.91 Å². The van der Waals surface area contributed by atoms with Crippen molar-refractivity contribution in [3.8, 4) is 17.2 Å². The summed E-state index contributed by atoms with van der Waals surface area (Å²) in [6.45, 7) is 2.72. The molecule has 2 aliphatic rings. The minimum Gasteiger partial charge on any atom is -0.497 e. The van der Waals surface area contributed by atoms with Crippen LogP contribution in [0.1, 0.15) is 42.1 Å². The number of hydrogen-bond donors (Lipinski definition) is 0. The molecule has 1 atom stereocenters. The predicted octanol–water partition coefficient (Wildman–Crippen LogP) is 4.85. The third-order valence-electron chi connectivity index (χ3n) is 5.43. The summed E-state index contributed by atoms with van der Waals surface area (Å²) >= 11 is 0. The number of hydrogen-bond acceptors (Lipinski definition) is 5. The fraction of sp³-hybridized carbons (Fsp3) is 0.333. The van der Waals surface area contributed by atoms with E-state index < -0.39 is 0 Å². The topological polar surface area (TPSA) is 60.4 Å². The summed E-state index contributed by atoms with van der Waals surface area (Å²) in [7, 11) is 3.23. The molecule has 0 unspecified atom stereocenters. The molecule has 30 heavy (non-hydrogen) atoms. The lowest BCUT2D eigenvalue weighted by Gasteiger charge is -2.19. The largest absolute Gasteiger partial charge is 0.497 e. The number of fused-ring (bicyclic) bond motifs is 2. The highest BCUT2D eigenvalue weighted by Crippen LogP contribution is 2.39. The monoisotopic (exact) mass is 406 g/mol. The van der Waals surface area contributed by atoms with Crippen LogP contribution in [-0.4, -0.2) is 43.9 Å². The van der Waals surface area contributed by atoms with E-state index in [1.54, 1.807) is 31.3 Å². The van der Waals surface area contributed by atoms with Gasteiger partial charge in [-0.05, 0) is 35.8 Å². The van der Waals surface area contributed by atoms with Crippen molar-refractivity contribution >= 4 is 23.4 Å². The van der Waals surface area contributed by atoms with Gasteiger partial charge < -0.3 is 19.1 Å². The zero-order valence-electron chi connectivity index (χ0n) is 17.6. The number of aliphatic imine (C=N–C) groups is 1. The van der Waals surface area contributed by atoms with Crippen LogP contribution >= 0.6 is 0 Å². The number of amides is 1. The van der Waals surface area contributed by atoms with Crippen LogP contribution in [-0.2, 0) is 0 Å². The van der Waals surface area contributed by atoms with Crippen LogP contribution in [0.3, 0.4) is 0 Å². The van der Waals surface area contributed by atoms with Gasteiger partial charge in [-0.25, -0.2) is 0 Å². The number of carbonyl (C=O) groups excluding carboxylic acids is 1. The van der Waals surface area contributed by atoms with Gasteiger partial charge in [-0.1, -0.05) is 25.5 Å². The predicted molar refractivity (Wildman–Crippen MR) is 117 cm³/mol. The summed E-state index contributed by atoms with van der Waals surface area (Å²) in [6, 6.07) is 11.3. The molecule has 6 nitrogen and oxygen atoms in total. The molecule has 0 N–H and O–H groups in total. The standard InChI is InChI=1S/C24H26N2O4/c1-4-5-10-30-23-13-21-20(12-22(23)29-3)24(27)26-15-17(11-18(26)14-25-21)16-6-8-19(28-2)9-7-16/h6-9,12-15,18H,4-5,10-11H2,1-3H3/t18-/m0/s1. The summed E-state index contributed by atoms with van der Waals surface area (Å²) in [4.78, 5) is 19.7. The lowest BCUT2D eigenvalue weighted by atomic mass is 10.0. The van der Waals surface area contributed by atoms with E-state index in [1.807, 2.05) is 36.7 Å². The molecule has 0 aliphatic carbocycles. The fourth-order valence-corrected chi connectivity index (χ4v) is 3.70. The van der Waals surface area contributed by atoms with E-state index in [1.165, 1.54) is 0 Å². The number of unbranched alkanes of at least 4 members (excludes halogenated alkanes) is 1. The molecule has 0 spiro atoms. The molecule has 0 saturated carbocycles. The smallest absolute Gasteiger partial charge is 0.260 e. The molecule has 0 fully saturated rings. The van der Waals surface area contributed by atoms with Crippen molar-refractivity contribution in [1.82, 2.24) is 4.90 Å². The SMILES string of the molecule is CCCCOc1cc2c(cc1OC)C(=O)N1C=C(c3ccc(OC)cc3)C[C@H]1C=N2. The van der Waals surface area contributed by atoms with Crippen LogP contribution in [0.5, 0.6) is 17.2 Å². The van der Waals surface area contributed by atoms with Gasteiger partial charge in [0, 0.05) is 24.9 Å². The van der Waals surface area contributed by atoms with Gasteiger partial charge in [0.2, 0.25) is 0 Å². The van der Waals surface area contributed by atoms with Crippen molar-refractivity contribution in [3.05, 3.63) is 53.7 Å². The molecule has 4 rings (SSSR count).